The molecule has 0 saturated carbocycles. The van der Waals surface area contributed by atoms with Crippen LogP contribution in [0.4, 0.5) is 0 Å². The van der Waals surface area contributed by atoms with Crippen molar-refractivity contribution >= 4 is 22.6 Å². The van der Waals surface area contributed by atoms with E-state index in [2.05, 4.69) is 0 Å². The highest BCUT2D eigenvalue weighted by Crippen LogP contribution is 2.31. The summed E-state index contributed by atoms with van der Waals surface area (Å²) in [6.45, 7) is 3.66. The molecule has 0 fully saturated rings. The summed E-state index contributed by atoms with van der Waals surface area (Å²) in [7, 11) is 0. The maximum atomic E-state index is 10.0. The van der Waals surface area contributed by atoms with Crippen LogP contribution in [-0.2, 0) is 5.60 Å². The quantitative estimate of drug-likeness (QED) is 0.844. The van der Waals surface area contributed by atoms with Gasteiger partial charge in [-0.1, -0.05) is 18.5 Å². The van der Waals surface area contributed by atoms with Gasteiger partial charge in [-0.2, -0.15) is 0 Å². The molecule has 15 heavy (non-hydrogen) atoms. The summed E-state index contributed by atoms with van der Waals surface area (Å²) in [6.07, 6.45) is 0.612. The fraction of sp³-hybridized carbons (Fsp3) is 0.333. The van der Waals surface area contributed by atoms with Crippen LogP contribution in [0.1, 0.15) is 26.0 Å². The number of halogens is 1. The van der Waals surface area contributed by atoms with Crippen molar-refractivity contribution in [2.75, 3.05) is 0 Å². The third-order valence-corrected chi connectivity index (χ3v) is 2.93. The molecule has 80 valence electrons. The van der Waals surface area contributed by atoms with Gasteiger partial charge in [0, 0.05) is 10.4 Å². The van der Waals surface area contributed by atoms with Crippen LogP contribution >= 0.6 is 11.6 Å². The van der Waals surface area contributed by atoms with Gasteiger partial charge >= 0.3 is 0 Å². The molecule has 3 heteroatoms. The molecule has 0 aliphatic heterocycles. The van der Waals surface area contributed by atoms with Crippen LogP contribution in [0, 0.1) is 0 Å². The molecule has 1 atom stereocenters. The summed E-state index contributed by atoms with van der Waals surface area (Å²) in [5.41, 5.74) is -0.158. The largest absolute Gasteiger partial charge is 0.458 e. The van der Waals surface area contributed by atoms with Crippen molar-refractivity contribution in [2.45, 2.75) is 25.9 Å². The first-order chi connectivity index (χ1) is 7.03. The van der Waals surface area contributed by atoms with Crippen LogP contribution < -0.4 is 0 Å². The average molecular weight is 225 g/mol. The summed E-state index contributed by atoms with van der Waals surface area (Å²) >= 11 is 5.87. The first-order valence-electron chi connectivity index (χ1n) is 4.95. The molecule has 0 saturated heterocycles. The lowest BCUT2D eigenvalue weighted by Gasteiger charge is -2.17. The molecule has 1 N–H and O–H groups in total. The van der Waals surface area contributed by atoms with E-state index in [4.69, 9.17) is 16.0 Å². The van der Waals surface area contributed by atoms with Crippen molar-refractivity contribution in [1.29, 1.82) is 0 Å². The zero-order chi connectivity index (χ0) is 11.1. The zero-order valence-electron chi connectivity index (χ0n) is 8.75. The second-order valence-corrected chi connectivity index (χ2v) is 4.36. The average Bonchev–Trinajstić information content (AvgIpc) is 2.61. The fourth-order valence-electron chi connectivity index (χ4n) is 1.45. The second kappa shape index (κ2) is 3.54. The molecule has 1 heterocycles. The lowest BCUT2D eigenvalue weighted by atomic mass is 10.0. The van der Waals surface area contributed by atoms with Crippen LogP contribution in [0.25, 0.3) is 11.0 Å². The summed E-state index contributed by atoms with van der Waals surface area (Å²) in [4.78, 5) is 0. The minimum Gasteiger partial charge on any atom is -0.458 e. The molecular formula is C12H13ClO2. The molecule has 2 rings (SSSR count). The SMILES string of the molecule is CCC(C)(O)c1cc2cc(Cl)ccc2o1. The van der Waals surface area contributed by atoms with Gasteiger partial charge in [-0.15, -0.1) is 0 Å². The van der Waals surface area contributed by atoms with E-state index in [0.29, 0.717) is 17.2 Å². The number of hydrogen-bond acceptors (Lipinski definition) is 2. The van der Waals surface area contributed by atoms with Gasteiger partial charge in [0.1, 0.15) is 16.9 Å². The molecule has 1 aromatic heterocycles. The molecule has 0 spiro atoms. The Morgan fingerprint density at radius 1 is 1.40 bits per heavy atom. The van der Waals surface area contributed by atoms with Crippen molar-refractivity contribution < 1.29 is 9.52 Å². The molecule has 2 nitrogen and oxygen atoms in total. The summed E-state index contributed by atoms with van der Waals surface area (Å²) < 4.78 is 5.57. The molecule has 0 bridgehead atoms. The molecule has 0 amide bonds. The highest BCUT2D eigenvalue weighted by atomic mass is 35.5. The van der Waals surface area contributed by atoms with Gasteiger partial charge in [-0.05, 0) is 37.6 Å². The standard InChI is InChI=1S/C12H13ClO2/c1-3-12(2,14)11-7-8-6-9(13)4-5-10(8)15-11/h4-7,14H,3H2,1-2H3. The first-order valence-corrected chi connectivity index (χ1v) is 5.32. The predicted octanol–water partition coefficient (Wildman–Crippen LogP) is 3.70. The van der Waals surface area contributed by atoms with E-state index in [-0.39, 0.29) is 0 Å². The Balaban J connectivity index is 2.56. The first kappa shape index (κ1) is 10.5. The number of benzene rings is 1. The highest BCUT2D eigenvalue weighted by molar-refractivity contribution is 6.31. The van der Waals surface area contributed by atoms with E-state index in [0.717, 1.165) is 11.0 Å². The van der Waals surface area contributed by atoms with Gasteiger partial charge in [0.25, 0.3) is 0 Å². The van der Waals surface area contributed by atoms with Gasteiger partial charge in [0.05, 0.1) is 0 Å². The second-order valence-electron chi connectivity index (χ2n) is 3.92. The van der Waals surface area contributed by atoms with E-state index in [1.807, 2.05) is 25.1 Å². The van der Waals surface area contributed by atoms with Crippen LogP contribution in [0.5, 0.6) is 0 Å². The number of aliphatic hydroxyl groups is 1. The number of hydrogen-bond donors (Lipinski definition) is 1. The van der Waals surface area contributed by atoms with E-state index >= 15 is 0 Å². The third kappa shape index (κ3) is 1.87. The molecule has 2 aromatic rings. The Bertz CT molecular complexity index is 485. The predicted molar refractivity (Wildman–Crippen MR) is 61.1 cm³/mol. The minimum atomic E-state index is -0.911. The van der Waals surface area contributed by atoms with Gasteiger partial charge in [0.2, 0.25) is 0 Å². The van der Waals surface area contributed by atoms with Crippen molar-refractivity contribution in [2.24, 2.45) is 0 Å². The lowest BCUT2D eigenvalue weighted by molar-refractivity contribution is 0.0318. The van der Waals surface area contributed by atoms with E-state index in [1.165, 1.54) is 0 Å². The molecule has 1 unspecified atom stereocenters. The van der Waals surface area contributed by atoms with Gasteiger partial charge in [-0.25, -0.2) is 0 Å². The van der Waals surface area contributed by atoms with Crippen LogP contribution in [0.15, 0.2) is 28.7 Å². The molecule has 1 aromatic carbocycles. The topological polar surface area (TPSA) is 33.4 Å². The Kier molecular flexibility index (Phi) is 2.49. The van der Waals surface area contributed by atoms with Gasteiger partial charge < -0.3 is 9.52 Å². The van der Waals surface area contributed by atoms with Crippen molar-refractivity contribution in [3.63, 3.8) is 0 Å². The van der Waals surface area contributed by atoms with Gasteiger partial charge in [-0.3, -0.25) is 0 Å². The lowest BCUT2D eigenvalue weighted by Crippen LogP contribution is -2.18. The Morgan fingerprint density at radius 3 is 2.80 bits per heavy atom. The fourth-order valence-corrected chi connectivity index (χ4v) is 1.63. The molecule has 0 aliphatic rings. The Labute approximate surface area is 93.5 Å². The van der Waals surface area contributed by atoms with Crippen molar-refractivity contribution in [1.82, 2.24) is 0 Å². The maximum absolute atomic E-state index is 10.0. The summed E-state index contributed by atoms with van der Waals surface area (Å²) in [5, 5.41) is 11.6. The maximum Gasteiger partial charge on any atom is 0.136 e. The van der Waals surface area contributed by atoms with Gasteiger partial charge in [0.15, 0.2) is 0 Å². The zero-order valence-corrected chi connectivity index (χ0v) is 9.51. The molecular weight excluding hydrogens is 212 g/mol. The van der Waals surface area contributed by atoms with Crippen LogP contribution in [-0.4, -0.2) is 5.11 Å². The number of rotatable bonds is 2. The minimum absolute atomic E-state index is 0.585. The van der Waals surface area contributed by atoms with Crippen molar-refractivity contribution in [3.05, 3.63) is 35.0 Å². The Morgan fingerprint density at radius 2 is 2.13 bits per heavy atom. The van der Waals surface area contributed by atoms with E-state index in [1.54, 1.807) is 13.0 Å². The number of furan rings is 1. The highest BCUT2D eigenvalue weighted by Gasteiger charge is 2.24. The molecule has 0 radical (unpaired) electrons. The number of fused-ring (bicyclic) bond motifs is 1. The summed E-state index contributed by atoms with van der Waals surface area (Å²) in [6, 6.07) is 7.26. The summed E-state index contributed by atoms with van der Waals surface area (Å²) in [5.74, 6) is 0.585. The van der Waals surface area contributed by atoms with Crippen LogP contribution in [0.2, 0.25) is 5.02 Å². The third-order valence-electron chi connectivity index (χ3n) is 2.70. The monoisotopic (exact) mass is 224 g/mol. The Hall–Kier alpha value is -0.990. The van der Waals surface area contributed by atoms with Crippen LogP contribution in [0.3, 0.4) is 0 Å². The normalized spacial score (nSPS) is 15.5. The molecule has 0 aliphatic carbocycles. The van der Waals surface area contributed by atoms with Crippen molar-refractivity contribution in [3.8, 4) is 0 Å². The van der Waals surface area contributed by atoms with E-state index in [9.17, 15) is 5.11 Å². The smallest absolute Gasteiger partial charge is 0.136 e. The van der Waals surface area contributed by atoms with E-state index < -0.39 is 5.60 Å².